The summed E-state index contributed by atoms with van der Waals surface area (Å²) >= 11 is 1.51. The number of thiazole rings is 1. The Balaban J connectivity index is 1.40. The molecule has 0 unspecified atom stereocenters. The van der Waals surface area contributed by atoms with Gasteiger partial charge in [-0.25, -0.2) is 4.98 Å². The second kappa shape index (κ2) is 16.1. The minimum Gasteiger partial charge on any atom is -0.492 e. The molecule has 0 fully saturated rings. The van der Waals surface area contributed by atoms with Gasteiger partial charge in [0.2, 0.25) is 0 Å². The lowest BCUT2D eigenvalue weighted by molar-refractivity contribution is 0.0784. The van der Waals surface area contributed by atoms with E-state index in [1.807, 2.05) is 48.7 Å². The van der Waals surface area contributed by atoms with Crippen LogP contribution in [0.3, 0.4) is 0 Å². The SMILES string of the molecule is Cc1csc(CN(C)C(=O)c2cccc(C(=O)N[C@@H](Cc3ccccc3)[C@H](O)CNCc3cncc(OCC(C)C)c3)c2)n1. The van der Waals surface area contributed by atoms with Crippen LogP contribution < -0.4 is 15.4 Å². The van der Waals surface area contributed by atoms with Crippen molar-refractivity contribution in [2.75, 3.05) is 20.2 Å². The first-order chi connectivity index (χ1) is 21.2. The van der Waals surface area contributed by atoms with E-state index in [-0.39, 0.29) is 18.4 Å². The van der Waals surface area contributed by atoms with Crippen molar-refractivity contribution in [3.05, 3.63) is 111 Å². The van der Waals surface area contributed by atoms with Crippen LogP contribution in [0.1, 0.15) is 56.4 Å². The molecule has 3 N–H and O–H groups in total. The van der Waals surface area contributed by atoms with Crippen LogP contribution in [0.4, 0.5) is 0 Å². The second-order valence-corrected chi connectivity index (χ2v) is 12.3. The lowest BCUT2D eigenvalue weighted by atomic mass is 10.00. The van der Waals surface area contributed by atoms with Gasteiger partial charge in [-0.2, -0.15) is 0 Å². The van der Waals surface area contributed by atoms with Gasteiger partial charge in [-0.05, 0) is 54.7 Å². The molecule has 0 aliphatic rings. The van der Waals surface area contributed by atoms with Crippen molar-refractivity contribution in [2.45, 2.75) is 52.4 Å². The Morgan fingerprint density at radius 3 is 2.52 bits per heavy atom. The summed E-state index contributed by atoms with van der Waals surface area (Å²) < 4.78 is 5.78. The lowest BCUT2D eigenvalue weighted by Crippen LogP contribution is -2.48. The van der Waals surface area contributed by atoms with E-state index < -0.39 is 12.1 Å². The Morgan fingerprint density at radius 2 is 1.80 bits per heavy atom. The summed E-state index contributed by atoms with van der Waals surface area (Å²) in [6.07, 6.45) is 3.00. The number of aryl methyl sites for hydroxylation is 1. The maximum atomic E-state index is 13.4. The molecule has 2 aromatic heterocycles. The van der Waals surface area contributed by atoms with Gasteiger partial charge in [0.1, 0.15) is 10.8 Å². The number of carbonyl (C=O) groups is 2. The van der Waals surface area contributed by atoms with E-state index in [2.05, 4.69) is 34.4 Å². The lowest BCUT2D eigenvalue weighted by Gasteiger charge is -2.25. The molecule has 0 saturated carbocycles. The fourth-order valence-corrected chi connectivity index (χ4v) is 5.40. The van der Waals surface area contributed by atoms with Crippen molar-refractivity contribution in [3.8, 4) is 5.75 Å². The third-order valence-corrected chi connectivity index (χ3v) is 7.82. The number of benzene rings is 2. The van der Waals surface area contributed by atoms with Crippen LogP contribution in [0.25, 0.3) is 0 Å². The maximum Gasteiger partial charge on any atom is 0.253 e. The number of pyridine rings is 1. The first-order valence-corrected chi connectivity index (χ1v) is 15.6. The Labute approximate surface area is 263 Å². The van der Waals surface area contributed by atoms with Crippen LogP contribution in [-0.4, -0.2) is 64.1 Å². The van der Waals surface area contributed by atoms with Gasteiger partial charge in [0.25, 0.3) is 11.8 Å². The largest absolute Gasteiger partial charge is 0.492 e. The smallest absolute Gasteiger partial charge is 0.253 e. The van der Waals surface area contributed by atoms with E-state index in [9.17, 15) is 14.7 Å². The first kappa shape index (κ1) is 32.8. The van der Waals surface area contributed by atoms with Gasteiger partial charge in [0, 0.05) is 48.5 Å². The molecule has 0 aliphatic carbocycles. The maximum absolute atomic E-state index is 13.4. The number of amides is 2. The van der Waals surface area contributed by atoms with Crippen molar-refractivity contribution in [3.63, 3.8) is 0 Å². The zero-order chi connectivity index (χ0) is 31.5. The number of aliphatic hydroxyl groups excluding tert-OH is 1. The molecule has 2 atom stereocenters. The van der Waals surface area contributed by atoms with Gasteiger partial charge in [-0.3, -0.25) is 14.6 Å². The highest BCUT2D eigenvalue weighted by molar-refractivity contribution is 7.09. The number of aromatic nitrogens is 2. The van der Waals surface area contributed by atoms with Gasteiger partial charge in [0.05, 0.1) is 31.5 Å². The monoisotopic (exact) mass is 615 g/mol. The normalized spacial score (nSPS) is 12.5. The Morgan fingerprint density at radius 1 is 1.02 bits per heavy atom. The van der Waals surface area contributed by atoms with Gasteiger partial charge in [-0.15, -0.1) is 11.3 Å². The number of ether oxygens (including phenoxy) is 1. The standard InChI is InChI=1S/C34H41N5O4S/c1-23(2)21-43-29-13-26(16-35-18-29)17-36-19-31(40)30(14-25-9-6-5-7-10-25)38-33(41)27-11-8-12-28(15-27)34(42)39(4)20-32-37-24(3)22-44-32/h5-13,15-16,18,22-23,30-31,36,40H,14,17,19-21H2,1-4H3,(H,38,41)/t30-,31+/m0/s1. The first-order valence-electron chi connectivity index (χ1n) is 14.7. The van der Waals surface area contributed by atoms with Gasteiger partial charge < -0.3 is 25.4 Å². The minimum absolute atomic E-state index is 0.203. The zero-order valence-corrected chi connectivity index (χ0v) is 26.5. The van der Waals surface area contributed by atoms with Crippen molar-refractivity contribution >= 4 is 23.2 Å². The van der Waals surface area contributed by atoms with E-state index in [0.29, 0.717) is 48.9 Å². The van der Waals surface area contributed by atoms with E-state index >= 15 is 0 Å². The van der Waals surface area contributed by atoms with Crippen LogP contribution in [0.5, 0.6) is 5.75 Å². The van der Waals surface area contributed by atoms with Crippen LogP contribution in [0.2, 0.25) is 0 Å². The fraction of sp³-hybridized carbons (Fsp3) is 0.353. The zero-order valence-electron chi connectivity index (χ0n) is 25.7. The van der Waals surface area contributed by atoms with Gasteiger partial charge >= 0.3 is 0 Å². The summed E-state index contributed by atoms with van der Waals surface area (Å²) in [4.78, 5) is 36.9. The molecular weight excluding hydrogens is 574 g/mol. The quantitative estimate of drug-likeness (QED) is 0.178. The highest BCUT2D eigenvalue weighted by atomic mass is 32.1. The molecule has 0 radical (unpaired) electrons. The summed E-state index contributed by atoms with van der Waals surface area (Å²) in [5.41, 5.74) is 3.59. The Bertz CT molecular complexity index is 1510. The fourth-order valence-electron chi connectivity index (χ4n) is 4.58. The second-order valence-electron chi connectivity index (χ2n) is 11.3. The number of hydrogen-bond acceptors (Lipinski definition) is 8. The highest BCUT2D eigenvalue weighted by Gasteiger charge is 2.23. The molecule has 4 aromatic rings. The number of carbonyl (C=O) groups excluding carboxylic acids is 2. The van der Waals surface area contributed by atoms with Gasteiger partial charge in [0.15, 0.2) is 0 Å². The Hall–Kier alpha value is -4.12. The third-order valence-electron chi connectivity index (χ3n) is 6.87. The molecule has 232 valence electrons. The van der Waals surface area contributed by atoms with E-state index in [0.717, 1.165) is 21.8 Å². The number of rotatable bonds is 15. The van der Waals surface area contributed by atoms with E-state index in [4.69, 9.17) is 4.74 Å². The molecule has 0 bridgehead atoms. The third kappa shape index (κ3) is 9.97. The molecule has 10 heteroatoms. The average Bonchev–Trinajstić information content (AvgIpc) is 3.44. The molecule has 44 heavy (non-hydrogen) atoms. The van der Waals surface area contributed by atoms with Gasteiger partial charge in [-0.1, -0.05) is 50.2 Å². The summed E-state index contributed by atoms with van der Waals surface area (Å²) in [6.45, 7) is 7.82. The number of aliphatic hydroxyl groups is 1. The summed E-state index contributed by atoms with van der Waals surface area (Å²) in [6, 6.07) is 17.7. The molecule has 0 spiro atoms. The highest BCUT2D eigenvalue weighted by Crippen LogP contribution is 2.16. The minimum atomic E-state index is -0.884. The summed E-state index contributed by atoms with van der Waals surface area (Å²) in [5.74, 6) is 0.548. The topological polar surface area (TPSA) is 117 Å². The molecule has 2 heterocycles. The molecule has 2 aromatic carbocycles. The summed E-state index contributed by atoms with van der Waals surface area (Å²) in [5, 5.41) is 20.3. The number of nitrogens with zero attached hydrogens (tertiary/aromatic N) is 3. The van der Waals surface area contributed by atoms with E-state index in [1.165, 1.54) is 11.3 Å². The molecule has 4 rings (SSSR count). The molecular formula is C34H41N5O4S. The van der Waals surface area contributed by atoms with Crippen LogP contribution >= 0.6 is 11.3 Å². The van der Waals surface area contributed by atoms with Crippen LogP contribution in [-0.2, 0) is 19.5 Å². The average molecular weight is 616 g/mol. The number of nitrogens with one attached hydrogen (secondary N) is 2. The van der Waals surface area contributed by atoms with Crippen LogP contribution in [0, 0.1) is 12.8 Å². The van der Waals surface area contributed by atoms with Crippen molar-refractivity contribution in [1.82, 2.24) is 25.5 Å². The summed E-state index contributed by atoms with van der Waals surface area (Å²) in [7, 11) is 1.72. The molecule has 0 aliphatic heterocycles. The number of hydrogen-bond donors (Lipinski definition) is 3. The predicted octanol–water partition coefficient (Wildman–Crippen LogP) is 4.65. The molecule has 0 saturated heterocycles. The van der Waals surface area contributed by atoms with Crippen molar-refractivity contribution in [1.29, 1.82) is 0 Å². The van der Waals surface area contributed by atoms with Crippen LogP contribution in [0.15, 0.2) is 78.4 Å². The van der Waals surface area contributed by atoms with Crippen molar-refractivity contribution < 1.29 is 19.4 Å². The Kier molecular flexibility index (Phi) is 12.0. The molecule has 9 nitrogen and oxygen atoms in total. The predicted molar refractivity (Wildman–Crippen MR) is 173 cm³/mol. The van der Waals surface area contributed by atoms with E-state index in [1.54, 1.807) is 48.6 Å². The molecule has 2 amide bonds. The van der Waals surface area contributed by atoms with Crippen molar-refractivity contribution in [2.24, 2.45) is 5.92 Å².